The standard InChI is InChI=1S/C26H33N5O7Si/c1-26(2,3)39(4,5)38-20-17(12-32)37-25(19(20)33)31-14-27-18-21(31)28-13-29(24(18)36)10-11-30-22(34)15-8-6-7-9-16(15)23(30)35/h6-9,13-14,17,19-20,25,32-33H,10-12H2,1-5H3/t17-,19-,20-,25-/m1/s1. The molecule has 0 unspecified atom stereocenters. The van der Waals surface area contributed by atoms with E-state index in [0.29, 0.717) is 11.1 Å². The minimum absolute atomic E-state index is 0.00471. The van der Waals surface area contributed by atoms with Gasteiger partial charge in [0, 0.05) is 13.1 Å². The molecule has 4 heterocycles. The molecule has 1 fully saturated rings. The Morgan fingerprint density at radius 2 is 1.67 bits per heavy atom. The number of nitrogens with zero attached hydrogens (tertiary/aromatic N) is 5. The maximum Gasteiger partial charge on any atom is 0.281 e. The third kappa shape index (κ3) is 4.53. The molecule has 0 radical (unpaired) electrons. The molecule has 12 nitrogen and oxygen atoms in total. The minimum atomic E-state index is -2.30. The van der Waals surface area contributed by atoms with Gasteiger partial charge in [-0.1, -0.05) is 32.9 Å². The lowest BCUT2D eigenvalue weighted by Crippen LogP contribution is -2.49. The molecule has 2 aromatic heterocycles. The van der Waals surface area contributed by atoms with Crippen LogP contribution in [0, 0.1) is 0 Å². The summed E-state index contributed by atoms with van der Waals surface area (Å²) >= 11 is 0. The molecule has 5 rings (SSSR count). The van der Waals surface area contributed by atoms with E-state index in [1.165, 1.54) is 21.8 Å². The van der Waals surface area contributed by atoms with Crippen LogP contribution in [0.25, 0.3) is 11.2 Å². The molecule has 3 aromatic rings. The van der Waals surface area contributed by atoms with Gasteiger partial charge in [-0.25, -0.2) is 9.97 Å². The van der Waals surface area contributed by atoms with Crippen LogP contribution in [-0.4, -0.2) is 85.8 Å². The number of carbonyl (C=O) groups is 2. The molecule has 1 aromatic carbocycles. The summed E-state index contributed by atoms with van der Waals surface area (Å²) in [6.07, 6.45) is -0.954. The quantitative estimate of drug-likeness (QED) is 0.327. The van der Waals surface area contributed by atoms with Crippen molar-refractivity contribution in [1.82, 2.24) is 24.0 Å². The van der Waals surface area contributed by atoms with Gasteiger partial charge in [-0.2, -0.15) is 0 Å². The lowest BCUT2D eigenvalue weighted by molar-refractivity contribution is -0.0507. The van der Waals surface area contributed by atoms with E-state index in [9.17, 15) is 24.6 Å². The Hall–Kier alpha value is -3.23. The number of amides is 2. The highest BCUT2D eigenvalue weighted by atomic mass is 28.4. The fourth-order valence-electron chi connectivity index (χ4n) is 4.70. The Kier molecular flexibility index (Phi) is 6.83. The van der Waals surface area contributed by atoms with E-state index in [0.717, 1.165) is 4.90 Å². The summed E-state index contributed by atoms with van der Waals surface area (Å²) in [5.74, 6) is -0.801. The summed E-state index contributed by atoms with van der Waals surface area (Å²) in [7, 11) is -2.30. The average molecular weight is 556 g/mol. The molecule has 13 heteroatoms. The highest BCUT2D eigenvalue weighted by Gasteiger charge is 2.50. The maximum absolute atomic E-state index is 13.2. The van der Waals surface area contributed by atoms with Crippen LogP contribution in [0.4, 0.5) is 0 Å². The summed E-state index contributed by atoms with van der Waals surface area (Å²) in [4.78, 5) is 48.2. The van der Waals surface area contributed by atoms with Crippen molar-refractivity contribution in [2.75, 3.05) is 13.2 Å². The zero-order valence-corrected chi connectivity index (χ0v) is 23.6. The number of hydrogen-bond donors (Lipinski definition) is 2. The van der Waals surface area contributed by atoms with Crippen LogP contribution in [0.15, 0.2) is 41.7 Å². The molecule has 0 spiro atoms. The number of carbonyl (C=O) groups excluding carboxylic acids is 2. The van der Waals surface area contributed by atoms with Crippen LogP contribution in [-0.2, 0) is 15.7 Å². The zero-order valence-electron chi connectivity index (χ0n) is 22.6. The summed E-state index contributed by atoms with van der Waals surface area (Å²) in [6, 6.07) is 6.60. The molecule has 2 N–H and O–H groups in total. The van der Waals surface area contributed by atoms with E-state index in [2.05, 4.69) is 43.8 Å². The minimum Gasteiger partial charge on any atom is -0.408 e. The van der Waals surface area contributed by atoms with Gasteiger partial charge in [0.25, 0.3) is 17.4 Å². The number of imide groups is 1. The first-order valence-electron chi connectivity index (χ1n) is 12.8. The number of fused-ring (bicyclic) bond motifs is 2. The third-order valence-electron chi connectivity index (χ3n) is 7.99. The smallest absolute Gasteiger partial charge is 0.281 e. The Balaban J connectivity index is 1.36. The Labute approximate surface area is 225 Å². The van der Waals surface area contributed by atoms with E-state index < -0.39 is 50.2 Å². The monoisotopic (exact) mass is 555 g/mol. The van der Waals surface area contributed by atoms with Gasteiger partial charge < -0.3 is 19.4 Å². The van der Waals surface area contributed by atoms with Gasteiger partial charge in [0.2, 0.25) is 0 Å². The van der Waals surface area contributed by atoms with Gasteiger partial charge >= 0.3 is 0 Å². The summed E-state index contributed by atoms with van der Waals surface area (Å²) in [5, 5.41) is 21.0. The predicted molar refractivity (Wildman–Crippen MR) is 143 cm³/mol. The Morgan fingerprint density at radius 3 is 2.26 bits per heavy atom. The van der Waals surface area contributed by atoms with Crippen molar-refractivity contribution in [3.8, 4) is 0 Å². The van der Waals surface area contributed by atoms with Crippen LogP contribution < -0.4 is 5.56 Å². The topological polar surface area (TPSA) is 149 Å². The van der Waals surface area contributed by atoms with E-state index in [4.69, 9.17) is 9.16 Å². The third-order valence-corrected chi connectivity index (χ3v) is 12.5. The average Bonchev–Trinajstić information content (AvgIpc) is 3.52. The normalized spacial score (nSPS) is 23.7. The maximum atomic E-state index is 13.2. The number of ether oxygens (including phenoxy) is 1. The molecule has 0 aliphatic carbocycles. The second kappa shape index (κ2) is 9.75. The predicted octanol–water partition coefficient (Wildman–Crippen LogP) is 1.53. The van der Waals surface area contributed by atoms with Crippen molar-refractivity contribution in [2.45, 2.75) is 70.0 Å². The van der Waals surface area contributed by atoms with Crippen LogP contribution in [0.2, 0.25) is 18.1 Å². The molecular weight excluding hydrogens is 522 g/mol. The van der Waals surface area contributed by atoms with Crippen molar-refractivity contribution in [2.24, 2.45) is 0 Å². The van der Waals surface area contributed by atoms with E-state index >= 15 is 0 Å². The second-order valence-corrected chi connectivity index (χ2v) is 16.2. The van der Waals surface area contributed by atoms with Gasteiger partial charge in [-0.15, -0.1) is 0 Å². The van der Waals surface area contributed by atoms with Gasteiger partial charge in [0.05, 0.1) is 24.1 Å². The molecule has 0 saturated carbocycles. The highest BCUT2D eigenvalue weighted by Crippen LogP contribution is 2.41. The number of rotatable bonds is 7. The first-order valence-corrected chi connectivity index (χ1v) is 15.8. The summed E-state index contributed by atoms with van der Waals surface area (Å²) in [5.41, 5.74) is 0.468. The number of hydrogen-bond acceptors (Lipinski definition) is 9. The first kappa shape index (κ1) is 27.3. The van der Waals surface area contributed by atoms with E-state index in [-0.39, 0.29) is 35.9 Å². The van der Waals surface area contributed by atoms with Crippen molar-refractivity contribution < 1.29 is 29.0 Å². The SMILES string of the molecule is CC(C)(C)[Si](C)(C)O[C@H]1[C@@H](O)[C@H](n2cnc3c(=O)n(CCN4C(=O)c5ccccc5C4=O)cnc32)O[C@@H]1CO. The fraction of sp³-hybridized carbons (Fsp3) is 0.500. The first-order chi connectivity index (χ1) is 18.4. The van der Waals surface area contributed by atoms with Crippen molar-refractivity contribution in [3.05, 3.63) is 58.4 Å². The Bertz CT molecular complexity index is 1460. The molecule has 0 bridgehead atoms. The second-order valence-electron chi connectivity index (χ2n) is 11.5. The van der Waals surface area contributed by atoms with Crippen LogP contribution in [0.5, 0.6) is 0 Å². The lowest BCUT2D eigenvalue weighted by atomic mass is 10.1. The van der Waals surface area contributed by atoms with Crippen LogP contribution in [0.1, 0.15) is 47.7 Å². The van der Waals surface area contributed by atoms with E-state index in [1.807, 2.05) is 0 Å². The Morgan fingerprint density at radius 1 is 1.03 bits per heavy atom. The van der Waals surface area contributed by atoms with Gasteiger partial charge in [-0.3, -0.25) is 28.4 Å². The number of imidazole rings is 1. The van der Waals surface area contributed by atoms with Gasteiger partial charge in [0.1, 0.15) is 24.6 Å². The largest absolute Gasteiger partial charge is 0.408 e. The molecule has 39 heavy (non-hydrogen) atoms. The molecule has 2 aliphatic heterocycles. The van der Waals surface area contributed by atoms with Crippen molar-refractivity contribution in [3.63, 3.8) is 0 Å². The zero-order chi connectivity index (χ0) is 28.3. The molecular formula is C26H33N5O7Si. The van der Waals surface area contributed by atoms with Gasteiger partial charge in [0.15, 0.2) is 25.7 Å². The van der Waals surface area contributed by atoms with Crippen molar-refractivity contribution in [1.29, 1.82) is 0 Å². The lowest BCUT2D eigenvalue weighted by Gasteiger charge is -2.39. The number of aliphatic hydroxyl groups excluding tert-OH is 2. The number of benzene rings is 1. The molecule has 2 amide bonds. The molecule has 4 atom stereocenters. The van der Waals surface area contributed by atoms with Crippen LogP contribution in [0.3, 0.4) is 0 Å². The van der Waals surface area contributed by atoms with Crippen molar-refractivity contribution >= 4 is 31.3 Å². The van der Waals surface area contributed by atoms with Gasteiger partial charge in [-0.05, 0) is 30.3 Å². The molecule has 1 saturated heterocycles. The summed E-state index contributed by atoms with van der Waals surface area (Å²) < 4.78 is 15.1. The highest BCUT2D eigenvalue weighted by molar-refractivity contribution is 6.74. The number of aromatic nitrogens is 4. The van der Waals surface area contributed by atoms with E-state index in [1.54, 1.807) is 24.3 Å². The number of aliphatic hydroxyl groups is 2. The summed E-state index contributed by atoms with van der Waals surface area (Å²) in [6.45, 7) is 10.0. The van der Waals surface area contributed by atoms with Crippen LogP contribution >= 0.6 is 0 Å². The fourth-order valence-corrected chi connectivity index (χ4v) is 6.03. The molecule has 2 aliphatic rings. The molecule has 208 valence electrons.